The van der Waals surface area contributed by atoms with E-state index in [1.807, 2.05) is 26.2 Å². The third kappa shape index (κ3) is 4.35. The van der Waals surface area contributed by atoms with Crippen LogP contribution >= 0.6 is 0 Å². The van der Waals surface area contributed by atoms with Crippen molar-refractivity contribution in [3.05, 3.63) is 35.4 Å². The van der Waals surface area contributed by atoms with E-state index in [1.165, 1.54) is 5.56 Å². The van der Waals surface area contributed by atoms with Crippen LogP contribution in [0.4, 0.5) is 0 Å². The first-order valence-corrected chi connectivity index (χ1v) is 5.69. The fourth-order valence-corrected chi connectivity index (χ4v) is 1.04. The van der Waals surface area contributed by atoms with Crippen LogP contribution in [0, 0.1) is 30.6 Å². The molecule has 0 atom stereocenters. The number of nitrogens with zero attached hydrogens (tertiary/aromatic N) is 1. The van der Waals surface area contributed by atoms with E-state index in [2.05, 4.69) is 61.5 Å². The van der Waals surface area contributed by atoms with Crippen molar-refractivity contribution in [2.45, 2.75) is 26.3 Å². The lowest BCUT2D eigenvalue weighted by molar-refractivity contribution is 0.263. The van der Waals surface area contributed by atoms with E-state index in [4.69, 9.17) is 0 Å². The molecule has 0 radical (unpaired) electrons. The third-order valence-electron chi connectivity index (χ3n) is 2.81. The minimum atomic E-state index is -0.137. The molecule has 1 nitrogen and oxygen atoms in total. The molecule has 88 valence electrons. The van der Waals surface area contributed by atoms with Crippen LogP contribution in [-0.2, 0) is 0 Å². The molecular formula is C16H19N. The zero-order valence-corrected chi connectivity index (χ0v) is 11.3. The van der Waals surface area contributed by atoms with E-state index in [0.717, 1.165) is 5.56 Å². The summed E-state index contributed by atoms with van der Waals surface area (Å²) in [6.45, 7) is 6.22. The van der Waals surface area contributed by atoms with Gasteiger partial charge < -0.3 is 0 Å². The predicted octanol–water partition coefficient (Wildman–Crippen LogP) is 2.69. The largest absolute Gasteiger partial charge is 0.294 e. The fourth-order valence-electron chi connectivity index (χ4n) is 1.04. The summed E-state index contributed by atoms with van der Waals surface area (Å²) in [5.74, 6) is 12.0. The third-order valence-corrected chi connectivity index (χ3v) is 2.81. The predicted molar refractivity (Wildman–Crippen MR) is 73.6 cm³/mol. The molecule has 1 heteroatoms. The van der Waals surface area contributed by atoms with Gasteiger partial charge in [0.05, 0.1) is 5.54 Å². The van der Waals surface area contributed by atoms with Crippen LogP contribution in [0.1, 0.15) is 25.0 Å². The first kappa shape index (κ1) is 13.4. The molecule has 0 aliphatic rings. The van der Waals surface area contributed by atoms with Gasteiger partial charge in [-0.05, 0) is 58.8 Å². The Bertz CT molecular complexity index is 484. The van der Waals surface area contributed by atoms with E-state index >= 15 is 0 Å². The molecule has 0 saturated carbocycles. The van der Waals surface area contributed by atoms with Crippen molar-refractivity contribution in [3.63, 3.8) is 0 Å². The Morgan fingerprint density at radius 3 is 2.12 bits per heavy atom. The van der Waals surface area contributed by atoms with Gasteiger partial charge in [-0.3, -0.25) is 4.90 Å². The number of rotatable bonds is 1. The maximum Gasteiger partial charge on any atom is 0.0774 e. The van der Waals surface area contributed by atoms with E-state index in [9.17, 15) is 0 Å². The highest BCUT2D eigenvalue weighted by molar-refractivity contribution is 5.41. The summed E-state index contributed by atoms with van der Waals surface area (Å²) < 4.78 is 0. The second-order valence-electron chi connectivity index (χ2n) is 4.82. The van der Waals surface area contributed by atoms with E-state index < -0.39 is 0 Å². The van der Waals surface area contributed by atoms with Gasteiger partial charge in [0.1, 0.15) is 0 Å². The molecule has 0 N–H and O–H groups in total. The summed E-state index contributed by atoms with van der Waals surface area (Å²) in [5, 5.41) is 0. The van der Waals surface area contributed by atoms with Crippen LogP contribution in [-0.4, -0.2) is 24.5 Å². The molecule has 0 spiro atoms. The van der Waals surface area contributed by atoms with Crippen molar-refractivity contribution < 1.29 is 0 Å². The number of hydrogen-bond acceptors (Lipinski definition) is 1. The van der Waals surface area contributed by atoms with Gasteiger partial charge in [-0.2, -0.15) is 0 Å². The standard InChI is InChI=1S/C16H19N/c1-14-9-11-15(12-10-14)8-6-7-13-16(2,3)17(4)5/h9-12H,1-5H3. The Labute approximate surface area is 105 Å². The summed E-state index contributed by atoms with van der Waals surface area (Å²) in [5.41, 5.74) is 2.12. The van der Waals surface area contributed by atoms with Crippen LogP contribution in [0.3, 0.4) is 0 Å². The molecule has 1 aromatic rings. The quantitative estimate of drug-likeness (QED) is 0.664. The Balaban J connectivity index is 2.76. The second kappa shape index (κ2) is 5.58. The van der Waals surface area contributed by atoms with Crippen LogP contribution in [0.2, 0.25) is 0 Å². The Morgan fingerprint density at radius 2 is 1.59 bits per heavy atom. The number of aryl methyl sites for hydroxylation is 1. The van der Waals surface area contributed by atoms with Crippen molar-refractivity contribution in [1.82, 2.24) is 4.90 Å². The van der Waals surface area contributed by atoms with Gasteiger partial charge in [0.25, 0.3) is 0 Å². The molecule has 0 unspecified atom stereocenters. The smallest absolute Gasteiger partial charge is 0.0774 e. The Hall–Kier alpha value is -1.70. The lowest BCUT2D eigenvalue weighted by atomic mass is 10.1. The molecule has 1 aromatic carbocycles. The summed E-state index contributed by atoms with van der Waals surface area (Å²) in [6, 6.07) is 8.14. The molecular weight excluding hydrogens is 206 g/mol. The van der Waals surface area contributed by atoms with E-state index in [1.54, 1.807) is 0 Å². The van der Waals surface area contributed by atoms with Gasteiger partial charge in [0.2, 0.25) is 0 Å². The highest BCUT2D eigenvalue weighted by atomic mass is 15.1. The first-order valence-electron chi connectivity index (χ1n) is 5.69. The van der Waals surface area contributed by atoms with Gasteiger partial charge in [-0.1, -0.05) is 29.5 Å². The minimum absolute atomic E-state index is 0.137. The average Bonchev–Trinajstić information content (AvgIpc) is 2.26. The summed E-state index contributed by atoms with van der Waals surface area (Å²) in [6.07, 6.45) is 0. The normalized spacial score (nSPS) is 10.2. The van der Waals surface area contributed by atoms with Crippen molar-refractivity contribution in [1.29, 1.82) is 0 Å². The zero-order valence-electron chi connectivity index (χ0n) is 11.3. The van der Waals surface area contributed by atoms with E-state index in [0.29, 0.717) is 0 Å². The SMILES string of the molecule is Cc1ccc(C#CC#CC(C)(C)N(C)C)cc1. The van der Waals surface area contributed by atoms with Crippen molar-refractivity contribution in [2.75, 3.05) is 14.1 Å². The fraction of sp³-hybridized carbons (Fsp3) is 0.375. The van der Waals surface area contributed by atoms with Crippen LogP contribution in [0.25, 0.3) is 0 Å². The van der Waals surface area contributed by atoms with Crippen molar-refractivity contribution in [3.8, 4) is 23.7 Å². The van der Waals surface area contributed by atoms with E-state index in [-0.39, 0.29) is 5.54 Å². The molecule has 0 bridgehead atoms. The topological polar surface area (TPSA) is 3.24 Å². The maximum atomic E-state index is 3.14. The van der Waals surface area contributed by atoms with Crippen LogP contribution in [0.15, 0.2) is 24.3 Å². The summed E-state index contributed by atoms with van der Waals surface area (Å²) >= 11 is 0. The molecule has 0 aliphatic carbocycles. The lowest BCUT2D eigenvalue weighted by Gasteiger charge is -2.26. The van der Waals surface area contributed by atoms with Crippen molar-refractivity contribution >= 4 is 0 Å². The first-order chi connectivity index (χ1) is 7.92. The molecule has 0 aliphatic heterocycles. The highest BCUT2D eigenvalue weighted by Gasteiger charge is 2.15. The second-order valence-corrected chi connectivity index (χ2v) is 4.82. The van der Waals surface area contributed by atoms with Crippen LogP contribution < -0.4 is 0 Å². The monoisotopic (exact) mass is 225 g/mol. The maximum absolute atomic E-state index is 3.14. The van der Waals surface area contributed by atoms with Gasteiger partial charge in [0, 0.05) is 5.56 Å². The summed E-state index contributed by atoms with van der Waals surface area (Å²) in [4.78, 5) is 2.08. The zero-order chi connectivity index (χ0) is 12.9. The van der Waals surface area contributed by atoms with Crippen molar-refractivity contribution in [2.24, 2.45) is 0 Å². The van der Waals surface area contributed by atoms with Crippen LogP contribution in [0.5, 0.6) is 0 Å². The molecule has 0 aromatic heterocycles. The van der Waals surface area contributed by atoms with Gasteiger partial charge in [0.15, 0.2) is 0 Å². The molecule has 0 heterocycles. The minimum Gasteiger partial charge on any atom is -0.294 e. The van der Waals surface area contributed by atoms with Gasteiger partial charge >= 0.3 is 0 Å². The summed E-state index contributed by atoms with van der Waals surface area (Å²) in [7, 11) is 4.03. The lowest BCUT2D eigenvalue weighted by Crippen LogP contribution is -2.36. The Kier molecular flexibility index (Phi) is 4.38. The van der Waals surface area contributed by atoms with Gasteiger partial charge in [-0.15, -0.1) is 0 Å². The molecule has 17 heavy (non-hydrogen) atoms. The molecule has 1 rings (SSSR count). The Morgan fingerprint density at radius 1 is 1.00 bits per heavy atom. The van der Waals surface area contributed by atoms with Gasteiger partial charge in [-0.25, -0.2) is 0 Å². The highest BCUT2D eigenvalue weighted by Crippen LogP contribution is 2.06. The number of hydrogen-bond donors (Lipinski definition) is 0. The number of benzene rings is 1. The molecule has 0 amide bonds. The molecule has 0 saturated heterocycles. The molecule has 0 fully saturated rings. The average molecular weight is 225 g/mol.